The maximum Gasteiger partial charge on any atom is 0.174 e. The minimum atomic E-state index is 0.470. The van der Waals surface area contributed by atoms with Crippen molar-refractivity contribution in [2.75, 3.05) is 0 Å². The van der Waals surface area contributed by atoms with Gasteiger partial charge in [0.15, 0.2) is 11.6 Å². The quantitative estimate of drug-likeness (QED) is 0.830. The number of imidazole rings is 1. The normalized spacial score (nSPS) is 11.2. The van der Waals surface area contributed by atoms with Crippen LogP contribution in [0.25, 0.3) is 11.6 Å². The third-order valence-corrected chi connectivity index (χ3v) is 2.41. The number of furan rings is 1. The highest BCUT2D eigenvalue weighted by Crippen LogP contribution is 2.20. The van der Waals surface area contributed by atoms with Crippen LogP contribution in [0.5, 0.6) is 0 Å². The number of H-pyrrole nitrogens is 1. The molecule has 4 heteroatoms. The molecule has 0 aliphatic carbocycles. The Morgan fingerprint density at radius 1 is 1.50 bits per heavy atom. The molecule has 86 valence electrons. The number of hydrogen-bond acceptors (Lipinski definition) is 3. The van der Waals surface area contributed by atoms with Gasteiger partial charge in [0, 0.05) is 18.3 Å². The van der Waals surface area contributed by atoms with Gasteiger partial charge in [0.2, 0.25) is 0 Å². The molecular weight excluding hydrogens is 202 g/mol. The monoisotopic (exact) mass is 219 g/mol. The van der Waals surface area contributed by atoms with Crippen LogP contribution in [-0.4, -0.2) is 16.0 Å². The SMILES string of the molecule is Cc1ccoc1-c1ncc(CNC(C)C)[nH]1. The Kier molecular flexibility index (Phi) is 3.10. The number of aromatic nitrogens is 2. The molecule has 2 rings (SSSR count). The molecule has 0 saturated heterocycles. The number of aromatic amines is 1. The molecule has 0 radical (unpaired) electrons. The van der Waals surface area contributed by atoms with Crippen LogP contribution in [-0.2, 0) is 6.54 Å². The van der Waals surface area contributed by atoms with Crippen LogP contribution >= 0.6 is 0 Å². The Balaban J connectivity index is 2.11. The van der Waals surface area contributed by atoms with E-state index in [-0.39, 0.29) is 0 Å². The van der Waals surface area contributed by atoms with E-state index in [0.717, 1.165) is 29.4 Å². The summed E-state index contributed by atoms with van der Waals surface area (Å²) in [7, 11) is 0. The first kappa shape index (κ1) is 11.0. The second-order valence-electron chi connectivity index (χ2n) is 4.23. The van der Waals surface area contributed by atoms with Gasteiger partial charge in [0.25, 0.3) is 0 Å². The third-order valence-electron chi connectivity index (χ3n) is 2.41. The molecule has 0 aliphatic rings. The fourth-order valence-corrected chi connectivity index (χ4v) is 1.49. The lowest BCUT2D eigenvalue weighted by Gasteiger charge is -2.05. The van der Waals surface area contributed by atoms with Crippen LogP contribution < -0.4 is 5.32 Å². The summed E-state index contributed by atoms with van der Waals surface area (Å²) < 4.78 is 5.38. The largest absolute Gasteiger partial charge is 0.461 e. The molecule has 0 aliphatic heterocycles. The van der Waals surface area contributed by atoms with Crippen LogP contribution in [0.15, 0.2) is 22.9 Å². The van der Waals surface area contributed by atoms with Gasteiger partial charge in [0.1, 0.15) is 0 Å². The second kappa shape index (κ2) is 4.53. The van der Waals surface area contributed by atoms with Crippen molar-refractivity contribution in [2.24, 2.45) is 0 Å². The number of nitrogens with one attached hydrogen (secondary N) is 2. The molecule has 0 amide bonds. The van der Waals surface area contributed by atoms with Crippen LogP contribution in [0.2, 0.25) is 0 Å². The predicted molar refractivity (Wildman–Crippen MR) is 63.0 cm³/mol. The highest BCUT2D eigenvalue weighted by atomic mass is 16.3. The summed E-state index contributed by atoms with van der Waals surface area (Å²) in [5.74, 6) is 1.61. The first-order chi connectivity index (χ1) is 7.66. The minimum Gasteiger partial charge on any atom is -0.461 e. The van der Waals surface area contributed by atoms with E-state index < -0.39 is 0 Å². The summed E-state index contributed by atoms with van der Waals surface area (Å²) in [5.41, 5.74) is 2.16. The fraction of sp³-hybridized carbons (Fsp3) is 0.417. The summed E-state index contributed by atoms with van der Waals surface area (Å²) in [5, 5.41) is 3.33. The van der Waals surface area contributed by atoms with Gasteiger partial charge in [-0.1, -0.05) is 13.8 Å². The van der Waals surface area contributed by atoms with Crippen LogP contribution in [0.4, 0.5) is 0 Å². The number of hydrogen-bond donors (Lipinski definition) is 2. The third kappa shape index (κ3) is 2.33. The molecule has 0 saturated carbocycles. The van der Waals surface area contributed by atoms with E-state index in [4.69, 9.17) is 4.42 Å². The van der Waals surface area contributed by atoms with Crippen molar-refractivity contribution in [1.82, 2.24) is 15.3 Å². The topological polar surface area (TPSA) is 53.9 Å². The maximum atomic E-state index is 5.38. The van der Waals surface area contributed by atoms with Gasteiger partial charge in [-0.2, -0.15) is 0 Å². The zero-order chi connectivity index (χ0) is 11.5. The van der Waals surface area contributed by atoms with E-state index in [1.54, 1.807) is 6.26 Å². The molecule has 0 bridgehead atoms. The lowest BCUT2D eigenvalue weighted by molar-refractivity contribution is 0.573. The zero-order valence-corrected chi connectivity index (χ0v) is 9.87. The van der Waals surface area contributed by atoms with Crippen LogP contribution in [0.1, 0.15) is 25.1 Å². The Morgan fingerprint density at radius 3 is 2.94 bits per heavy atom. The van der Waals surface area contributed by atoms with Crippen molar-refractivity contribution in [3.63, 3.8) is 0 Å². The summed E-state index contributed by atoms with van der Waals surface area (Å²) in [4.78, 5) is 7.55. The number of rotatable bonds is 4. The Hall–Kier alpha value is -1.55. The minimum absolute atomic E-state index is 0.470. The molecule has 0 spiro atoms. The van der Waals surface area contributed by atoms with Gasteiger partial charge in [-0.25, -0.2) is 4.98 Å². The van der Waals surface area contributed by atoms with E-state index in [2.05, 4.69) is 29.1 Å². The molecule has 16 heavy (non-hydrogen) atoms. The van der Waals surface area contributed by atoms with Gasteiger partial charge >= 0.3 is 0 Å². The Bertz CT molecular complexity index is 456. The molecule has 2 heterocycles. The molecule has 0 unspecified atom stereocenters. The molecule has 4 nitrogen and oxygen atoms in total. The van der Waals surface area contributed by atoms with Gasteiger partial charge in [-0.3, -0.25) is 0 Å². The summed E-state index contributed by atoms with van der Waals surface area (Å²) in [6, 6.07) is 2.40. The summed E-state index contributed by atoms with van der Waals surface area (Å²) >= 11 is 0. The zero-order valence-electron chi connectivity index (χ0n) is 9.87. The van der Waals surface area contributed by atoms with Gasteiger partial charge in [0.05, 0.1) is 12.5 Å². The van der Waals surface area contributed by atoms with Gasteiger partial charge in [-0.05, 0) is 18.6 Å². The molecular formula is C12H17N3O. The van der Waals surface area contributed by atoms with Crippen molar-refractivity contribution in [3.05, 3.63) is 29.8 Å². The second-order valence-corrected chi connectivity index (χ2v) is 4.23. The Labute approximate surface area is 95.1 Å². The van der Waals surface area contributed by atoms with Crippen LogP contribution in [0.3, 0.4) is 0 Å². The molecule has 0 aromatic carbocycles. The lowest BCUT2D eigenvalue weighted by Crippen LogP contribution is -2.21. The summed E-state index contributed by atoms with van der Waals surface area (Å²) in [6.07, 6.45) is 3.52. The maximum absolute atomic E-state index is 5.38. The first-order valence-electron chi connectivity index (χ1n) is 5.48. The molecule has 2 aromatic heterocycles. The molecule has 2 aromatic rings. The van der Waals surface area contributed by atoms with Crippen molar-refractivity contribution < 1.29 is 4.42 Å². The lowest BCUT2D eigenvalue weighted by atomic mass is 10.3. The van der Waals surface area contributed by atoms with E-state index in [9.17, 15) is 0 Å². The van der Waals surface area contributed by atoms with Gasteiger partial charge < -0.3 is 14.7 Å². The van der Waals surface area contributed by atoms with Gasteiger partial charge in [-0.15, -0.1) is 0 Å². The number of aryl methyl sites for hydroxylation is 1. The van der Waals surface area contributed by atoms with Crippen LogP contribution in [0, 0.1) is 6.92 Å². The average Bonchev–Trinajstić information content (AvgIpc) is 2.83. The predicted octanol–water partition coefficient (Wildman–Crippen LogP) is 2.48. The van der Waals surface area contributed by atoms with Crippen molar-refractivity contribution in [2.45, 2.75) is 33.4 Å². The average molecular weight is 219 g/mol. The van der Waals surface area contributed by atoms with Crippen molar-refractivity contribution >= 4 is 0 Å². The van der Waals surface area contributed by atoms with E-state index in [1.807, 2.05) is 19.2 Å². The first-order valence-corrected chi connectivity index (χ1v) is 5.48. The van der Waals surface area contributed by atoms with E-state index in [0.29, 0.717) is 6.04 Å². The van der Waals surface area contributed by atoms with E-state index >= 15 is 0 Å². The molecule has 0 atom stereocenters. The van der Waals surface area contributed by atoms with Crippen molar-refractivity contribution in [3.8, 4) is 11.6 Å². The van der Waals surface area contributed by atoms with E-state index in [1.165, 1.54) is 0 Å². The number of nitrogens with zero attached hydrogens (tertiary/aromatic N) is 1. The highest BCUT2D eigenvalue weighted by molar-refractivity contribution is 5.52. The van der Waals surface area contributed by atoms with Crippen molar-refractivity contribution in [1.29, 1.82) is 0 Å². The molecule has 0 fully saturated rings. The molecule has 2 N–H and O–H groups in total. The fourth-order valence-electron chi connectivity index (χ4n) is 1.49. The standard InChI is InChI=1S/C12H17N3O/c1-8(2)13-6-10-7-14-12(15-10)11-9(3)4-5-16-11/h4-5,7-8,13H,6H2,1-3H3,(H,14,15). The highest BCUT2D eigenvalue weighted by Gasteiger charge is 2.09. The smallest absolute Gasteiger partial charge is 0.174 e. The summed E-state index contributed by atoms with van der Waals surface area (Å²) in [6.45, 7) is 7.04. The Morgan fingerprint density at radius 2 is 2.31 bits per heavy atom.